The van der Waals surface area contributed by atoms with E-state index in [1.54, 1.807) is 11.9 Å². The van der Waals surface area contributed by atoms with Gasteiger partial charge in [0, 0.05) is 26.1 Å². The number of fused-ring (bicyclic) bond motifs is 1. The van der Waals surface area contributed by atoms with Gasteiger partial charge in [0.05, 0.1) is 0 Å². The van der Waals surface area contributed by atoms with Crippen molar-refractivity contribution >= 4 is 5.91 Å². The van der Waals surface area contributed by atoms with Crippen molar-refractivity contribution in [2.75, 3.05) is 20.3 Å². The zero-order valence-corrected chi connectivity index (χ0v) is 14.5. The van der Waals surface area contributed by atoms with Crippen molar-refractivity contribution in [2.45, 2.75) is 25.4 Å². The van der Waals surface area contributed by atoms with Crippen molar-refractivity contribution in [2.24, 2.45) is 5.73 Å². The average Bonchev–Trinajstić information content (AvgIpc) is 2.62. The summed E-state index contributed by atoms with van der Waals surface area (Å²) in [6, 6.07) is 15.6. The first-order valence-corrected chi connectivity index (χ1v) is 8.54. The average molecular weight is 340 g/mol. The first kappa shape index (κ1) is 17.3. The van der Waals surface area contributed by atoms with Crippen molar-refractivity contribution in [1.29, 1.82) is 0 Å². The summed E-state index contributed by atoms with van der Waals surface area (Å²) in [6.45, 7) is 1.65. The van der Waals surface area contributed by atoms with E-state index in [0.717, 1.165) is 22.6 Å². The lowest BCUT2D eigenvalue weighted by Gasteiger charge is -2.22. The van der Waals surface area contributed by atoms with Crippen molar-refractivity contribution in [3.05, 3.63) is 59.7 Å². The number of benzene rings is 2. The lowest BCUT2D eigenvalue weighted by molar-refractivity contribution is -0.130. The molecular formula is C20H24N2O3. The van der Waals surface area contributed by atoms with Crippen molar-refractivity contribution in [1.82, 2.24) is 4.90 Å². The second-order valence-electron chi connectivity index (χ2n) is 6.38. The molecule has 1 aliphatic rings. The maximum Gasteiger partial charge on any atom is 0.224 e. The minimum absolute atomic E-state index is 0.0401. The summed E-state index contributed by atoms with van der Waals surface area (Å²) in [5.74, 6) is 1.54. The Morgan fingerprint density at radius 3 is 2.56 bits per heavy atom. The number of ether oxygens (including phenoxy) is 2. The zero-order valence-electron chi connectivity index (χ0n) is 14.5. The molecule has 5 heteroatoms. The SMILES string of the molecule is CN(Cc1ccc2c(c1)OCCO2)C(=O)C[C@H](N)Cc1ccccc1. The summed E-state index contributed by atoms with van der Waals surface area (Å²) in [4.78, 5) is 14.1. The predicted octanol–water partition coefficient (Wildman–Crippen LogP) is 2.38. The highest BCUT2D eigenvalue weighted by molar-refractivity contribution is 5.76. The molecule has 0 saturated carbocycles. The molecule has 0 aromatic heterocycles. The molecular weight excluding hydrogens is 316 g/mol. The Hall–Kier alpha value is -2.53. The number of rotatable bonds is 6. The molecule has 0 fully saturated rings. The Morgan fingerprint density at radius 1 is 1.08 bits per heavy atom. The molecule has 1 heterocycles. The van der Waals surface area contributed by atoms with Gasteiger partial charge in [0.25, 0.3) is 0 Å². The molecule has 5 nitrogen and oxygen atoms in total. The molecule has 2 N–H and O–H groups in total. The van der Waals surface area contributed by atoms with Crippen LogP contribution >= 0.6 is 0 Å². The summed E-state index contributed by atoms with van der Waals surface area (Å²) in [5.41, 5.74) is 8.31. The first-order chi connectivity index (χ1) is 12.1. The molecule has 0 unspecified atom stereocenters. The fourth-order valence-corrected chi connectivity index (χ4v) is 2.92. The molecule has 1 amide bonds. The van der Waals surface area contributed by atoms with Gasteiger partial charge in [-0.25, -0.2) is 0 Å². The number of carbonyl (C=O) groups excluding carboxylic acids is 1. The molecule has 0 aliphatic carbocycles. The molecule has 1 atom stereocenters. The Kier molecular flexibility index (Phi) is 5.56. The quantitative estimate of drug-likeness (QED) is 0.877. The second-order valence-corrected chi connectivity index (χ2v) is 6.38. The fourth-order valence-electron chi connectivity index (χ4n) is 2.92. The Balaban J connectivity index is 1.53. The van der Waals surface area contributed by atoms with Gasteiger partial charge in [0.15, 0.2) is 11.5 Å². The molecule has 1 aliphatic heterocycles. The maximum atomic E-state index is 12.4. The number of carbonyl (C=O) groups is 1. The summed E-state index contributed by atoms with van der Waals surface area (Å²) in [5, 5.41) is 0. The van der Waals surface area contributed by atoms with Crippen molar-refractivity contribution < 1.29 is 14.3 Å². The van der Waals surface area contributed by atoms with Crippen LogP contribution in [-0.2, 0) is 17.8 Å². The van der Waals surface area contributed by atoms with Gasteiger partial charge in [-0.05, 0) is 29.7 Å². The lowest BCUT2D eigenvalue weighted by atomic mass is 10.0. The molecule has 2 aromatic carbocycles. The fraction of sp³-hybridized carbons (Fsp3) is 0.350. The van der Waals surface area contributed by atoms with Crippen LogP contribution in [0.1, 0.15) is 17.5 Å². The van der Waals surface area contributed by atoms with Gasteiger partial charge < -0.3 is 20.1 Å². The monoisotopic (exact) mass is 340 g/mol. The van der Waals surface area contributed by atoms with Gasteiger partial charge in [-0.3, -0.25) is 4.79 Å². The molecule has 0 bridgehead atoms. The Labute approximate surface area is 148 Å². The Bertz CT molecular complexity index is 718. The van der Waals surface area contributed by atoms with E-state index in [9.17, 15) is 4.79 Å². The van der Waals surface area contributed by atoms with E-state index in [0.29, 0.717) is 32.6 Å². The third-order valence-electron chi connectivity index (χ3n) is 4.23. The molecule has 0 spiro atoms. The van der Waals surface area contributed by atoms with Crippen LogP contribution in [0.2, 0.25) is 0 Å². The predicted molar refractivity (Wildman–Crippen MR) is 96.6 cm³/mol. The minimum atomic E-state index is -0.183. The highest BCUT2D eigenvalue weighted by atomic mass is 16.6. The van der Waals surface area contributed by atoms with Gasteiger partial charge in [-0.2, -0.15) is 0 Å². The van der Waals surface area contributed by atoms with Crippen molar-refractivity contribution in [3.63, 3.8) is 0 Å². The third-order valence-corrected chi connectivity index (χ3v) is 4.23. The highest BCUT2D eigenvalue weighted by Gasteiger charge is 2.16. The summed E-state index contributed by atoms with van der Waals surface area (Å²) in [7, 11) is 1.80. The largest absolute Gasteiger partial charge is 0.486 e. The van der Waals surface area contributed by atoms with Crippen LogP contribution in [0.25, 0.3) is 0 Å². The van der Waals surface area contributed by atoms with E-state index in [1.165, 1.54) is 0 Å². The van der Waals surface area contributed by atoms with E-state index in [4.69, 9.17) is 15.2 Å². The van der Waals surface area contributed by atoms with Gasteiger partial charge >= 0.3 is 0 Å². The molecule has 0 radical (unpaired) electrons. The number of amides is 1. The summed E-state index contributed by atoms with van der Waals surface area (Å²) < 4.78 is 11.1. The van der Waals surface area contributed by atoms with Crippen LogP contribution in [0, 0.1) is 0 Å². The van der Waals surface area contributed by atoms with Gasteiger partial charge in [0.1, 0.15) is 13.2 Å². The smallest absolute Gasteiger partial charge is 0.224 e. The molecule has 0 saturated heterocycles. The summed E-state index contributed by atoms with van der Waals surface area (Å²) in [6.07, 6.45) is 1.03. The number of nitrogens with zero attached hydrogens (tertiary/aromatic N) is 1. The van der Waals surface area contributed by atoms with Crippen LogP contribution in [-0.4, -0.2) is 37.1 Å². The highest BCUT2D eigenvalue weighted by Crippen LogP contribution is 2.31. The van der Waals surface area contributed by atoms with Gasteiger partial charge in [-0.15, -0.1) is 0 Å². The molecule has 2 aromatic rings. The van der Waals surface area contributed by atoms with E-state index < -0.39 is 0 Å². The lowest BCUT2D eigenvalue weighted by Crippen LogP contribution is -2.34. The van der Waals surface area contributed by atoms with E-state index in [2.05, 4.69) is 0 Å². The van der Waals surface area contributed by atoms with Gasteiger partial charge in [-0.1, -0.05) is 36.4 Å². The Morgan fingerprint density at radius 2 is 1.80 bits per heavy atom. The number of hydrogen-bond donors (Lipinski definition) is 1. The minimum Gasteiger partial charge on any atom is -0.486 e. The zero-order chi connectivity index (χ0) is 17.6. The number of nitrogens with two attached hydrogens (primary N) is 1. The van der Waals surface area contributed by atoms with Gasteiger partial charge in [0.2, 0.25) is 5.91 Å². The van der Waals surface area contributed by atoms with E-state index >= 15 is 0 Å². The second kappa shape index (κ2) is 8.03. The third kappa shape index (κ3) is 4.73. The van der Waals surface area contributed by atoms with Crippen LogP contribution in [0.15, 0.2) is 48.5 Å². The molecule has 3 rings (SSSR count). The topological polar surface area (TPSA) is 64.8 Å². The van der Waals surface area contributed by atoms with E-state index in [-0.39, 0.29) is 11.9 Å². The van der Waals surface area contributed by atoms with E-state index in [1.807, 2.05) is 48.5 Å². The van der Waals surface area contributed by atoms with Crippen LogP contribution < -0.4 is 15.2 Å². The van der Waals surface area contributed by atoms with Crippen LogP contribution in [0.4, 0.5) is 0 Å². The standard InChI is InChI=1S/C20H24N2O3/c1-22(14-16-7-8-18-19(12-16)25-10-9-24-18)20(23)13-17(21)11-15-5-3-2-4-6-15/h2-8,12,17H,9-11,13-14,21H2,1H3/t17-/m1/s1. The van der Waals surface area contributed by atoms with Crippen molar-refractivity contribution in [3.8, 4) is 11.5 Å². The first-order valence-electron chi connectivity index (χ1n) is 8.54. The maximum absolute atomic E-state index is 12.4. The molecule has 132 valence electrons. The van der Waals surface area contributed by atoms with Crippen LogP contribution in [0.5, 0.6) is 11.5 Å². The number of hydrogen-bond acceptors (Lipinski definition) is 4. The summed E-state index contributed by atoms with van der Waals surface area (Å²) >= 11 is 0. The van der Waals surface area contributed by atoms with Crippen LogP contribution in [0.3, 0.4) is 0 Å². The normalized spacial score (nSPS) is 14.0. The molecule has 25 heavy (non-hydrogen) atoms.